The molecule has 0 aliphatic carbocycles. The number of rotatable bonds is 4. The standard InChI is InChI=1S/C9H16N4O/c1-7(6-14-3)13(2)9-5-11-4-8(10)12-9/h4-5,7H,6H2,1-3H3,(H2,10,12). The number of methoxy groups -OCH3 is 1. The Morgan fingerprint density at radius 3 is 2.86 bits per heavy atom. The quantitative estimate of drug-likeness (QED) is 0.761. The fourth-order valence-electron chi connectivity index (χ4n) is 1.12. The third kappa shape index (κ3) is 2.56. The third-order valence-corrected chi connectivity index (χ3v) is 2.07. The van der Waals surface area contributed by atoms with Crippen molar-refractivity contribution in [2.24, 2.45) is 0 Å². The zero-order chi connectivity index (χ0) is 10.6. The lowest BCUT2D eigenvalue weighted by molar-refractivity contribution is 0.183. The molecule has 1 heterocycles. The number of likely N-dealkylation sites (N-methyl/N-ethyl adjacent to an activating group) is 1. The Balaban J connectivity index is 2.73. The Labute approximate surface area is 83.9 Å². The first-order valence-electron chi connectivity index (χ1n) is 4.44. The maximum atomic E-state index is 5.54. The second-order valence-corrected chi connectivity index (χ2v) is 3.22. The smallest absolute Gasteiger partial charge is 0.149 e. The molecular formula is C9H16N4O. The molecule has 1 aromatic heterocycles. The number of nitrogens with two attached hydrogens (primary N) is 1. The van der Waals surface area contributed by atoms with Gasteiger partial charge in [-0.15, -0.1) is 0 Å². The number of nitrogens with zero attached hydrogens (tertiary/aromatic N) is 3. The molecule has 5 nitrogen and oxygen atoms in total. The normalized spacial score (nSPS) is 12.5. The second kappa shape index (κ2) is 4.76. The molecule has 0 aromatic carbocycles. The number of ether oxygens (including phenoxy) is 1. The van der Waals surface area contributed by atoms with Gasteiger partial charge in [0.25, 0.3) is 0 Å². The van der Waals surface area contributed by atoms with Crippen LogP contribution < -0.4 is 10.6 Å². The third-order valence-electron chi connectivity index (χ3n) is 2.07. The fraction of sp³-hybridized carbons (Fsp3) is 0.556. The Morgan fingerprint density at radius 1 is 1.57 bits per heavy atom. The molecule has 1 atom stereocenters. The molecule has 14 heavy (non-hydrogen) atoms. The minimum Gasteiger partial charge on any atom is -0.383 e. The summed E-state index contributed by atoms with van der Waals surface area (Å²) < 4.78 is 5.06. The van der Waals surface area contributed by atoms with Gasteiger partial charge in [-0.3, -0.25) is 4.98 Å². The number of hydrogen-bond acceptors (Lipinski definition) is 5. The van der Waals surface area contributed by atoms with Crippen molar-refractivity contribution < 1.29 is 4.74 Å². The van der Waals surface area contributed by atoms with E-state index in [2.05, 4.69) is 9.97 Å². The van der Waals surface area contributed by atoms with E-state index in [0.717, 1.165) is 5.82 Å². The maximum Gasteiger partial charge on any atom is 0.149 e. The van der Waals surface area contributed by atoms with Crippen LogP contribution in [0.5, 0.6) is 0 Å². The van der Waals surface area contributed by atoms with Crippen molar-refractivity contribution in [2.45, 2.75) is 13.0 Å². The molecule has 0 radical (unpaired) electrons. The van der Waals surface area contributed by atoms with E-state index in [1.165, 1.54) is 6.20 Å². The van der Waals surface area contributed by atoms with Gasteiger partial charge >= 0.3 is 0 Å². The molecule has 0 amide bonds. The molecule has 0 fully saturated rings. The number of nitrogen functional groups attached to an aromatic ring is 1. The van der Waals surface area contributed by atoms with Gasteiger partial charge in [0.2, 0.25) is 0 Å². The van der Waals surface area contributed by atoms with E-state index >= 15 is 0 Å². The molecule has 1 rings (SSSR count). The van der Waals surface area contributed by atoms with Crippen molar-refractivity contribution in [3.8, 4) is 0 Å². The summed E-state index contributed by atoms with van der Waals surface area (Å²) in [5, 5.41) is 0. The van der Waals surface area contributed by atoms with Crippen LogP contribution in [-0.4, -0.2) is 36.8 Å². The summed E-state index contributed by atoms with van der Waals surface area (Å²) in [5.74, 6) is 1.19. The summed E-state index contributed by atoms with van der Waals surface area (Å²) in [7, 11) is 3.61. The first-order valence-corrected chi connectivity index (χ1v) is 4.44. The zero-order valence-corrected chi connectivity index (χ0v) is 8.77. The average Bonchev–Trinajstić information content (AvgIpc) is 2.17. The predicted octanol–water partition coefficient (Wildman–Crippen LogP) is 0.530. The van der Waals surface area contributed by atoms with Gasteiger partial charge in [0.05, 0.1) is 25.0 Å². The second-order valence-electron chi connectivity index (χ2n) is 3.22. The summed E-state index contributed by atoms with van der Waals surface area (Å²) in [6, 6.07) is 0.246. The van der Waals surface area contributed by atoms with E-state index in [4.69, 9.17) is 10.5 Å². The average molecular weight is 196 g/mol. The van der Waals surface area contributed by atoms with Gasteiger partial charge in [0.1, 0.15) is 11.6 Å². The number of aromatic nitrogens is 2. The van der Waals surface area contributed by atoms with Crippen LogP contribution in [-0.2, 0) is 4.74 Å². The molecule has 0 spiro atoms. The van der Waals surface area contributed by atoms with Gasteiger partial charge in [0.15, 0.2) is 0 Å². The van der Waals surface area contributed by atoms with Crippen LogP contribution >= 0.6 is 0 Å². The van der Waals surface area contributed by atoms with Crippen LogP contribution in [0.4, 0.5) is 11.6 Å². The molecule has 1 aromatic rings. The van der Waals surface area contributed by atoms with Crippen molar-refractivity contribution in [1.29, 1.82) is 0 Å². The van der Waals surface area contributed by atoms with Crippen LogP contribution in [0.2, 0.25) is 0 Å². The summed E-state index contributed by atoms with van der Waals surface area (Å²) in [6.45, 7) is 2.70. The van der Waals surface area contributed by atoms with Gasteiger partial charge in [-0.05, 0) is 6.92 Å². The van der Waals surface area contributed by atoms with Crippen molar-refractivity contribution in [3.63, 3.8) is 0 Å². The van der Waals surface area contributed by atoms with E-state index in [1.54, 1.807) is 13.3 Å². The van der Waals surface area contributed by atoms with E-state index in [9.17, 15) is 0 Å². The summed E-state index contributed by atoms with van der Waals surface area (Å²) in [6.07, 6.45) is 3.21. The van der Waals surface area contributed by atoms with Gasteiger partial charge < -0.3 is 15.4 Å². The van der Waals surface area contributed by atoms with Crippen LogP contribution in [0.15, 0.2) is 12.4 Å². The minimum absolute atomic E-state index is 0.246. The highest BCUT2D eigenvalue weighted by atomic mass is 16.5. The van der Waals surface area contributed by atoms with E-state index in [0.29, 0.717) is 12.4 Å². The molecule has 2 N–H and O–H groups in total. The number of hydrogen-bond donors (Lipinski definition) is 1. The van der Waals surface area contributed by atoms with Crippen LogP contribution in [0.1, 0.15) is 6.92 Å². The highest BCUT2D eigenvalue weighted by molar-refractivity contribution is 5.41. The van der Waals surface area contributed by atoms with E-state index < -0.39 is 0 Å². The molecule has 1 unspecified atom stereocenters. The summed E-state index contributed by atoms with van der Waals surface area (Å²) >= 11 is 0. The maximum absolute atomic E-state index is 5.54. The van der Waals surface area contributed by atoms with E-state index in [1.807, 2.05) is 18.9 Å². The van der Waals surface area contributed by atoms with Gasteiger partial charge in [-0.25, -0.2) is 4.98 Å². The van der Waals surface area contributed by atoms with Crippen molar-refractivity contribution in [1.82, 2.24) is 9.97 Å². The van der Waals surface area contributed by atoms with Crippen molar-refractivity contribution in [3.05, 3.63) is 12.4 Å². The van der Waals surface area contributed by atoms with Crippen molar-refractivity contribution >= 4 is 11.6 Å². The fourth-order valence-corrected chi connectivity index (χ4v) is 1.12. The minimum atomic E-state index is 0.246. The molecular weight excluding hydrogens is 180 g/mol. The number of anilines is 2. The van der Waals surface area contributed by atoms with Gasteiger partial charge in [-0.2, -0.15) is 0 Å². The SMILES string of the molecule is COCC(C)N(C)c1cncc(N)n1. The summed E-state index contributed by atoms with van der Waals surface area (Å²) in [5.41, 5.74) is 5.54. The van der Waals surface area contributed by atoms with Crippen LogP contribution in [0.3, 0.4) is 0 Å². The Kier molecular flexibility index (Phi) is 3.64. The van der Waals surface area contributed by atoms with Crippen molar-refractivity contribution in [2.75, 3.05) is 31.4 Å². The molecule has 78 valence electrons. The molecule has 0 saturated heterocycles. The van der Waals surface area contributed by atoms with Crippen LogP contribution in [0, 0.1) is 0 Å². The van der Waals surface area contributed by atoms with Crippen LogP contribution in [0.25, 0.3) is 0 Å². The highest BCUT2D eigenvalue weighted by Gasteiger charge is 2.10. The first-order chi connectivity index (χ1) is 6.65. The topological polar surface area (TPSA) is 64.3 Å². The lowest BCUT2D eigenvalue weighted by Gasteiger charge is -2.24. The molecule has 0 bridgehead atoms. The monoisotopic (exact) mass is 196 g/mol. The lowest BCUT2D eigenvalue weighted by Crippen LogP contribution is -2.33. The lowest BCUT2D eigenvalue weighted by atomic mass is 10.3. The Hall–Kier alpha value is -1.36. The molecule has 0 aliphatic heterocycles. The molecule has 0 aliphatic rings. The van der Waals surface area contributed by atoms with Gasteiger partial charge in [0, 0.05) is 14.2 Å². The highest BCUT2D eigenvalue weighted by Crippen LogP contribution is 2.11. The first kappa shape index (κ1) is 10.7. The van der Waals surface area contributed by atoms with E-state index in [-0.39, 0.29) is 6.04 Å². The predicted molar refractivity (Wildman–Crippen MR) is 56.2 cm³/mol. The summed E-state index contributed by atoms with van der Waals surface area (Å²) in [4.78, 5) is 10.1. The largest absolute Gasteiger partial charge is 0.383 e. The van der Waals surface area contributed by atoms with Gasteiger partial charge in [-0.1, -0.05) is 0 Å². The molecule has 0 saturated carbocycles. The molecule has 5 heteroatoms. The Bertz CT molecular complexity index is 292. The Morgan fingerprint density at radius 2 is 2.29 bits per heavy atom. The zero-order valence-electron chi connectivity index (χ0n) is 8.77.